The molecule has 1 atom stereocenters. The Morgan fingerprint density at radius 2 is 1.66 bits per heavy atom. The number of nitrogens with zero attached hydrogens (tertiary/aromatic N) is 2. The van der Waals surface area contributed by atoms with Gasteiger partial charge in [0.05, 0.1) is 17.1 Å². The molecule has 2 N–H and O–H groups in total. The van der Waals surface area contributed by atoms with Crippen LogP contribution in [0, 0.1) is 13.8 Å². The topological polar surface area (TPSA) is 76.0 Å². The number of carbonyl (C=O) groups is 2. The Morgan fingerprint density at radius 3 is 2.41 bits per heavy atom. The van der Waals surface area contributed by atoms with E-state index in [4.69, 9.17) is 4.98 Å². The van der Waals surface area contributed by atoms with Crippen molar-refractivity contribution >= 4 is 28.5 Å². The zero-order valence-electron chi connectivity index (χ0n) is 18.4. The normalized spacial score (nSPS) is 11.8. The van der Waals surface area contributed by atoms with E-state index >= 15 is 0 Å². The van der Waals surface area contributed by atoms with E-state index in [1.54, 1.807) is 12.1 Å². The maximum absolute atomic E-state index is 12.9. The van der Waals surface area contributed by atoms with E-state index in [1.807, 2.05) is 86.0 Å². The number of hydrogen-bond donors (Lipinski definition) is 2. The molecule has 1 heterocycles. The molecule has 0 aliphatic heterocycles. The van der Waals surface area contributed by atoms with E-state index in [0.717, 1.165) is 22.3 Å². The summed E-state index contributed by atoms with van der Waals surface area (Å²) in [5, 5.41) is 5.97. The van der Waals surface area contributed by atoms with Gasteiger partial charge in [0, 0.05) is 11.3 Å². The van der Waals surface area contributed by atoms with Crippen LogP contribution in [-0.4, -0.2) is 21.4 Å². The summed E-state index contributed by atoms with van der Waals surface area (Å²) in [7, 11) is 0. The maximum atomic E-state index is 12.9. The minimum Gasteiger partial charge on any atom is -0.342 e. The number of carbonyl (C=O) groups excluding carboxylic acids is 2. The van der Waals surface area contributed by atoms with Crippen LogP contribution in [-0.2, 0) is 11.3 Å². The number of aromatic nitrogens is 2. The van der Waals surface area contributed by atoms with Crippen molar-refractivity contribution in [1.82, 2.24) is 14.9 Å². The SMILES string of the molecule is Cc1ccc(NC(=O)Cn2c(C(C)NC(=O)c3ccccc3)nc3ccccc32)cc1C. The maximum Gasteiger partial charge on any atom is 0.251 e. The summed E-state index contributed by atoms with van der Waals surface area (Å²) in [6.45, 7) is 6.02. The molecule has 0 fully saturated rings. The van der Waals surface area contributed by atoms with Gasteiger partial charge < -0.3 is 15.2 Å². The third-order valence-corrected chi connectivity index (χ3v) is 5.55. The van der Waals surface area contributed by atoms with Crippen molar-refractivity contribution in [2.45, 2.75) is 33.4 Å². The number of para-hydroxylation sites is 2. The molecule has 6 heteroatoms. The average Bonchev–Trinajstić information content (AvgIpc) is 3.15. The quantitative estimate of drug-likeness (QED) is 0.466. The Bertz CT molecular complexity index is 1280. The fourth-order valence-corrected chi connectivity index (χ4v) is 3.69. The van der Waals surface area contributed by atoms with Crippen LogP contribution < -0.4 is 10.6 Å². The minimum atomic E-state index is -0.385. The predicted molar refractivity (Wildman–Crippen MR) is 127 cm³/mol. The first-order valence-electron chi connectivity index (χ1n) is 10.6. The molecule has 4 aromatic rings. The second kappa shape index (κ2) is 9.06. The van der Waals surface area contributed by atoms with Crippen molar-refractivity contribution in [1.29, 1.82) is 0 Å². The molecule has 1 unspecified atom stereocenters. The fraction of sp³-hybridized carbons (Fsp3) is 0.192. The van der Waals surface area contributed by atoms with Crippen LogP contribution in [0.25, 0.3) is 11.0 Å². The van der Waals surface area contributed by atoms with E-state index in [0.29, 0.717) is 11.4 Å². The first-order chi connectivity index (χ1) is 15.4. The highest BCUT2D eigenvalue weighted by molar-refractivity contribution is 5.94. The molecule has 6 nitrogen and oxygen atoms in total. The molecule has 4 rings (SSSR count). The van der Waals surface area contributed by atoms with E-state index in [-0.39, 0.29) is 24.4 Å². The van der Waals surface area contributed by atoms with E-state index in [2.05, 4.69) is 10.6 Å². The van der Waals surface area contributed by atoms with Crippen LogP contribution in [0.4, 0.5) is 5.69 Å². The first kappa shape index (κ1) is 21.3. The van der Waals surface area contributed by atoms with Gasteiger partial charge in [-0.2, -0.15) is 0 Å². The number of anilines is 1. The molecule has 162 valence electrons. The fourth-order valence-electron chi connectivity index (χ4n) is 3.69. The number of amides is 2. The molecule has 0 aliphatic rings. The molecule has 32 heavy (non-hydrogen) atoms. The van der Waals surface area contributed by atoms with Gasteiger partial charge in [-0.05, 0) is 68.3 Å². The van der Waals surface area contributed by atoms with Gasteiger partial charge in [-0.3, -0.25) is 9.59 Å². The lowest BCUT2D eigenvalue weighted by atomic mass is 10.1. The van der Waals surface area contributed by atoms with Crippen molar-refractivity contribution in [2.75, 3.05) is 5.32 Å². The van der Waals surface area contributed by atoms with Crippen molar-refractivity contribution in [2.24, 2.45) is 0 Å². The zero-order chi connectivity index (χ0) is 22.7. The number of imidazole rings is 1. The molecule has 0 radical (unpaired) electrons. The Kier molecular flexibility index (Phi) is 6.03. The lowest BCUT2D eigenvalue weighted by Gasteiger charge is -2.16. The summed E-state index contributed by atoms with van der Waals surface area (Å²) < 4.78 is 1.86. The third-order valence-electron chi connectivity index (χ3n) is 5.55. The second-order valence-electron chi connectivity index (χ2n) is 7.95. The highest BCUT2D eigenvalue weighted by Crippen LogP contribution is 2.22. The molecule has 1 aromatic heterocycles. The third kappa shape index (κ3) is 4.54. The lowest BCUT2D eigenvalue weighted by Crippen LogP contribution is -2.30. The standard InChI is InChI=1S/C26H26N4O2/c1-17-13-14-21(15-18(17)2)28-24(31)16-30-23-12-8-7-11-22(23)29-25(30)19(3)27-26(32)20-9-5-4-6-10-20/h4-15,19H,16H2,1-3H3,(H,27,32)(H,28,31). The summed E-state index contributed by atoms with van der Waals surface area (Å²) in [5.74, 6) is 0.293. The second-order valence-corrected chi connectivity index (χ2v) is 7.95. The Labute approximate surface area is 187 Å². The Hall–Kier alpha value is -3.93. The molecular weight excluding hydrogens is 400 g/mol. The Balaban J connectivity index is 1.59. The van der Waals surface area contributed by atoms with Gasteiger partial charge in [0.25, 0.3) is 5.91 Å². The number of fused-ring (bicyclic) bond motifs is 1. The van der Waals surface area contributed by atoms with Crippen molar-refractivity contribution in [3.8, 4) is 0 Å². The largest absolute Gasteiger partial charge is 0.342 e. The molecule has 0 saturated carbocycles. The number of benzene rings is 3. The van der Waals surface area contributed by atoms with Crippen molar-refractivity contribution < 1.29 is 9.59 Å². The zero-order valence-corrected chi connectivity index (χ0v) is 18.4. The van der Waals surface area contributed by atoms with Crippen LogP contribution in [0.5, 0.6) is 0 Å². The summed E-state index contributed by atoms with van der Waals surface area (Å²) in [5.41, 5.74) is 5.26. The van der Waals surface area contributed by atoms with Crippen LogP contribution in [0.2, 0.25) is 0 Å². The summed E-state index contributed by atoms with van der Waals surface area (Å²) in [4.78, 5) is 30.3. The molecular formula is C26H26N4O2. The highest BCUT2D eigenvalue weighted by Gasteiger charge is 2.20. The van der Waals surface area contributed by atoms with Crippen LogP contribution in [0.3, 0.4) is 0 Å². The number of rotatable bonds is 6. The first-order valence-corrected chi connectivity index (χ1v) is 10.6. The molecule has 0 spiro atoms. The van der Waals surface area contributed by atoms with Gasteiger partial charge in [-0.1, -0.05) is 36.4 Å². The summed E-state index contributed by atoms with van der Waals surface area (Å²) >= 11 is 0. The molecule has 0 bridgehead atoms. The van der Waals surface area contributed by atoms with Gasteiger partial charge in [-0.15, -0.1) is 0 Å². The van der Waals surface area contributed by atoms with Gasteiger partial charge in [0.15, 0.2) is 0 Å². The molecule has 3 aromatic carbocycles. The number of nitrogens with one attached hydrogen (secondary N) is 2. The highest BCUT2D eigenvalue weighted by atomic mass is 16.2. The van der Waals surface area contributed by atoms with Crippen LogP contribution >= 0.6 is 0 Å². The van der Waals surface area contributed by atoms with Crippen molar-refractivity contribution in [3.05, 3.63) is 95.3 Å². The van der Waals surface area contributed by atoms with E-state index in [9.17, 15) is 9.59 Å². The number of aryl methyl sites for hydroxylation is 2. The van der Waals surface area contributed by atoms with E-state index in [1.165, 1.54) is 5.56 Å². The smallest absolute Gasteiger partial charge is 0.251 e. The Morgan fingerprint density at radius 1 is 0.938 bits per heavy atom. The molecule has 0 aliphatic carbocycles. The lowest BCUT2D eigenvalue weighted by molar-refractivity contribution is -0.116. The van der Waals surface area contributed by atoms with Gasteiger partial charge in [0.2, 0.25) is 5.91 Å². The van der Waals surface area contributed by atoms with Crippen molar-refractivity contribution in [3.63, 3.8) is 0 Å². The monoisotopic (exact) mass is 426 g/mol. The van der Waals surface area contributed by atoms with E-state index < -0.39 is 0 Å². The van der Waals surface area contributed by atoms with Gasteiger partial charge in [0.1, 0.15) is 12.4 Å². The number of hydrogen-bond acceptors (Lipinski definition) is 3. The van der Waals surface area contributed by atoms with Crippen LogP contribution in [0.15, 0.2) is 72.8 Å². The average molecular weight is 427 g/mol. The summed E-state index contributed by atoms with van der Waals surface area (Å²) in [6.07, 6.45) is 0. The van der Waals surface area contributed by atoms with Gasteiger partial charge in [-0.25, -0.2) is 4.98 Å². The molecule has 0 saturated heterocycles. The molecule has 2 amide bonds. The van der Waals surface area contributed by atoms with Gasteiger partial charge >= 0.3 is 0 Å². The summed E-state index contributed by atoms with van der Waals surface area (Å²) in [6, 6.07) is 22.2. The minimum absolute atomic E-state index is 0.0916. The predicted octanol–water partition coefficient (Wildman–Crippen LogP) is 4.78. The van der Waals surface area contributed by atoms with Crippen LogP contribution in [0.1, 0.15) is 40.3 Å².